The number of alkyl halides is 3. The molecule has 0 bridgehead atoms. The van der Waals surface area contributed by atoms with Gasteiger partial charge in [-0.25, -0.2) is 9.78 Å². The van der Waals surface area contributed by atoms with Crippen LogP contribution in [0.3, 0.4) is 0 Å². The van der Waals surface area contributed by atoms with Gasteiger partial charge in [-0.3, -0.25) is 23.4 Å². The minimum atomic E-state index is -4.40. The highest BCUT2D eigenvalue weighted by Gasteiger charge is 2.32. The number of nitrogens with zero attached hydrogens (tertiary/aromatic N) is 6. The van der Waals surface area contributed by atoms with Crippen LogP contribution in [0.2, 0.25) is 0 Å². The van der Waals surface area contributed by atoms with Gasteiger partial charge in [0.1, 0.15) is 11.3 Å². The van der Waals surface area contributed by atoms with Crippen molar-refractivity contribution in [3.63, 3.8) is 0 Å². The van der Waals surface area contributed by atoms with E-state index in [-0.39, 0.29) is 23.9 Å². The Bertz CT molecular complexity index is 1630. The van der Waals surface area contributed by atoms with Crippen LogP contribution in [0.1, 0.15) is 37.8 Å². The number of benzene rings is 1. The Kier molecular flexibility index (Phi) is 6.91. The van der Waals surface area contributed by atoms with Crippen LogP contribution in [0.5, 0.6) is 0 Å². The Morgan fingerprint density at radius 2 is 1.82 bits per heavy atom. The zero-order valence-electron chi connectivity index (χ0n) is 21.5. The molecule has 0 radical (unpaired) electrons. The second-order valence-corrected chi connectivity index (χ2v) is 9.76. The Hall–Kier alpha value is -4.16. The van der Waals surface area contributed by atoms with Crippen molar-refractivity contribution < 1.29 is 18.0 Å². The molecule has 4 heterocycles. The van der Waals surface area contributed by atoms with Crippen molar-refractivity contribution in [3.8, 4) is 11.4 Å². The van der Waals surface area contributed by atoms with Gasteiger partial charge in [-0.1, -0.05) is 19.1 Å². The van der Waals surface area contributed by atoms with Crippen LogP contribution in [0.25, 0.3) is 22.6 Å². The number of carbonyl (C=O) groups excluding carboxylic acids is 1. The van der Waals surface area contributed by atoms with E-state index in [0.717, 1.165) is 12.1 Å². The van der Waals surface area contributed by atoms with Crippen LogP contribution >= 0.6 is 0 Å². The molecule has 4 aromatic rings. The van der Waals surface area contributed by atoms with E-state index in [2.05, 4.69) is 15.1 Å². The summed E-state index contributed by atoms with van der Waals surface area (Å²) >= 11 is 0. The van der Waals surface area contributed by atoms with E-state index >= 15 is 0 Å². The van der Waals surface area contributed by atoms with Gasteiger partial charge < -0.3 is 9.88 Å². The Balaban J connectivity index is 1.30. The fourth-order valence-electron chi connectivity index (χ4n) is 5.01. The standard InChI is InChI=1S/C26H28F3N7O3/c1-3-9-36-24(38)21-23(35(4-2)25(36)39)32-22(31-21)18-11-30-34(15-18)14-17-10-20(37)33(13-17)12-16-5-7-19(8-6-16)26(27,28)29/h5-8,11,15,17H,3-4,9-10,12-14H2,1-2H3,(H,31,32). The number of carbonyl (C=O) groups is 1. The van der Waals surface area contributed by atoms with Gasteiger partial charge in [-0.2, -0.15) is 18.3 Å². The number of hydrogen-bond donors (Lipinski definition) is 1. The lowest BCUT2D eigenvalue weighted by Crippen LogP contribution is -2.39. The first-order chi connectivity index (χ1) is 18.6. The molecule has 1 unspecified atom stereocenters. The van der Waals surface area contributed by atoms with E-state index in [0.29, 0.717) is 61.6 Å². The Morgan fingerprint density at radius 1 is 1.08 bits per heavy atom. The zero-order chi connectivity index (χ0) is 27.9. The summed E-state index contributed by atoms with van der Waals surface area (Å²) < 4.78 is 42.8. The number of likely N-dealkylation sites (tertiary alicyclic amines) is 1. The van der Waals surface area contributed by atoms with Crippen LogP contribution in [-0.4, -0.2) is 46.2 Å². The molecule has 13 heteroatoms. The predicted octanol–water partition coefficient (Wildman–Crippen LogP) is 3.25. The third-order valence-electron chi connectivity index (χ3n) is 6.93. The highest BCUT2D eigenvalue weighted by Crippen LogP contribution is 2.30. The molecule has 39 heavy (non-hydrogen) atoms. The Labute approximate surface area is 220 Å². The molecule has 0 saturated carbocycles. The van der Waals surface area contributed by atoms with Gasteiger partial charge in [-0.05, 0) is 31.0 Å². The SMILES string of the molecule is CCCn1c(=O)c2[nH]c(-c3cnn(CC4CC(=O)N(Cc5ccc(C(F)(F)F)cc5)C4)c3)nc2n(CC)c1=O. The van der Waals surface area contributed by atoms with Gasteiger partial charge in [-0.15, -0.1) is 0 Å². The van der Waals surface area contributed by atoms with Crippen LogP contribution in [0, 0.1) is 5.92 Å². The molecule has 1 aliphatic heterocycles. The quantitative estimate of drug-likeness (QED) is 0.367. The van der Waals surface area contributed by atoms with E-state index in [1.54, 1.807) is 22.0 Å². The first-order valence-electron chi connectivity index (χ1n) is 12.8. The van der Waals surface area contributed by atoms with Gasteiger partial charge in [0.2, 0.25) is 5.91 Å². The highest BCUT2D eigenvalue weighted by molar-refractivity contribution is 5.78. The molecule has 1 atom stereocenters. The zero-order valence-corrected chi connectivity index (χ0v) is 21.5. The molecule has 0 spiro atoms. The number of nitrogens with one attached hydrogen (secondary N) is 1. The van der Waals surface area contributed by atoms with E-state index in [1.165, 1.54) is 21.3 Å². The monoisotopic (exact) mass is 543 g/mol. The lowest BCUT2D eigenvalue weighted by Gasteiger charge is -2.17. The number of aromatic nitrogens is 6. The van der Waals surface area contributed by atoms with Crippen molar-refractivity contribution in [1.82, 2.24) is 33.8 Å². The van der Waals surface area contributed by atoms with Crippen molar-refractivity contribution in [2.45, 2.75) is 59.0 Å². The summed E-state index contributed by atoms with van der Waals surface area (Å²) in [6.07, 6.45) is -0.0840. The number of imidazole rings is 1. The molecule has 1 N–H and O–H groups in total. The summed E-state index contributed by atoms with van der Waals surface area (Å²) in [7, 11) is 0. The highest BCUT2D eigenvalue weighted by atomic mass is 19.4. The summed E-state index contributed by atoms with van der Waals surface area (Å²) in [6.45, 7) is 5.55. The number of rotatable bonds is 8. The van der Waals surface area contributed by atoms with E-state index in [4.69, 9.17) is 0 Å². The maximum Gasteiger partial charge on any atom is 0.416 e. The van der Waals surface area contributed by atoms with E-state index in [1.807, 2.05) is 13.8 Å². The number of H-pyrrole nitrogens is 1. The number of halogens is 3. The van der Waals surface area contributed by atoms with Crippen molar-refractivity contribution in [1.29, 1.82) is 0 Å². The van der Waals surface area contributed by atoms with Crippen molar-refractivity contribution in [3.05, 3.63) is 68.6 Å². The van der Waals surface area contributed by atoms with Crippen molar-refractivity contribution in [2.75, 3.05) is 6.54 Å². The van der Waals surface area contributed by atoms with Crippen LogP contribution < -0.4 is 11.2 Å². The third-order valence-corrected chi connectivity index (χ3v) is 6.93. The molecule has 206 valence electrons. The lowest BCUT2D eigenvalue weighted by molar-refractivity contribution is -0.137. The average Bonchev–Trinajstić information content (AvgIpc) is 3.61. The fraction of sp³-hybridized carbons (Fsp3) is 0.423. The summed E-state index contributed by atoms with van der Waals surface area (Å²) in [5, 5.41) is 4.39. The molecule has 1 aromatic carbocycles. The first-order valence-corrected chi connectivity index (χ1v) is 12.8. The molecule has 1 fully saturated rings. The number of amides is 1. The van der Waals surface area contributed by atoms with Crippen molar-refractivity contribution >= 4 is 17.1 Å². The summed E-state index contributed by atoms with van der Waals surface area (Å²) in [5.74, 6) is 0.322. The molecule has 1 amide bonds. The van der Waals surface area contributed by atoms with Crippen molar-refractivity contribution in [2.24, 2.45) is 5.92 Å². The number of aryl methyl sites for hydroxylation is 1. The van der Waals surface area contributed by atoms with E-state index in [9.17, 15) is 27.6 Å². The molecule has 3 aromatic heterocycles. The molecule has 5 rings (SSSR count). The molecular weight excluding hydrogens is 515 g/mol. The average molecular weight is 544 g/mol. The van der Waals surface area contributed by atoms with Gasteiger partial charge in [0, 0.05) is 51.3 Å². The minimum absolute atomic E-state index is 0.0260. The number of hydrogen-bond acceptors (Lipinski definition) is 5. The topological polar surface area (TPSA) is 111 Å². The molecule has 1 saturated heterocycles. The molecular formula is C26H28F3N7O3. The lowest BCUT2D eigenvalue weighted by atomic mass is 10.1. The first kappa shape index (κ1) is 26.4. The second-order valence-electron chi connectivity index (χ2n) is 9.76. The van der Waals surface area contributed by atoms with Crippen LogP contribution in [0.4, 0.5) is 13.2 Å². The van der Waals surface area contributed by atoms with Gasteiger partial charge in [0.15, 0.2) is 5.65 Å². The maximum absolute atomic E-state index is 12.9. The van der Waals surface area contributed by atoms with Crippen LogP contribution in [-0.2, 0) is 37.1 Å². The normalized spacial score (nSPS) is 16.1. The minimum Gasteiger partial charge on any atom is -0.338 e. The smallest absolute Gasteiger partial charge is 0.338 e. The second kappa shape index (κ2) is 10.2. The third kappa shape index (κ3) is 5.12. The van der Waals surface area contributed by atoms with Gasteiger partial charge in [0.05, 0.1) is 17.3 Å². The van der Waals surface area contributed by atoms with E-state index < -0.39 is 23.0 Å². The largest absolute Gasteiger partial charge is 0.416 e. The summed E-state index contributed by atoms with van der Waals surface area (Å²) in [6, 6.07) is 4.84. The van der Waals surface area contributed by atoms with Crippen LogP contribution in [0.15, 0.2) is 46.2 Å². The van der Waals surface area contributed by atoms with Gasteiger partial charge in [0.25, 0.3) is 5.56 Å². The maximum atomic E-state index is 12.9. The number of fused-ring (bicyclic) bond motifs is 1. The van der Waals surface area contributed by atoms with Gasteiger partial charge >= 0.3 is 11.9 Å². The Morgan fingerprint density at radius 3 is 2.49 bits per heavy atom. The summed E-state index contributed by atoms with van der Waals surface area (Å²) in [5.41, 5.74) is 0.291. The summed E-state index contributed by atoms with van der Waals surface area (Å²) in [4.78, 5) is 47.5. The fourth-order valence-corrected chi connectivity index (χ4v) is 5.01. The molecule has 1 aliphatic rings. The predicted molar refractivity (Wildman–Crippen MR) is 137 cm³/mol. The molecule has 0 aliphatic carbocycles. The number of aromatic amines is 1. The molecule has 10 nitrogen and oxygen atoms in total.